The predicted octanol–water partition coefficient (Wildman–Crippen LogP) is 5.89. The highest BCUT2D eigenvalue weighted by Gasteiger charge is 2.31. The third-order valence-corrected chi connectivity index (χ3v) is 6.12. The molecule has 4 rings (SSSR count). The number of piperazine rings is 1. The number of fused-ring (bicyclic) bond motifs is 1. The summed E-state index contributed by atoms with van der Waals surface area (Å²) in [5, 5.41) is 1.73. The summed E-state index contributed by atoms with van der Waals surface area (Å²) in [7, 11) is 0. The average molecular weight is 506 g/mol. The van der Waals surface area contributed by atoms with Crippen molar-refractivity contribution >= 4 is 50.3 Å². The number of anilines is 1. The number of nitrogens with zero attached hydrogens (tertiary/aromatic N) is 4. The van der Waals surface area contributed by atoms with Crippen molar-refractivity contribution in [2.24, 2.45) is 0 Å². The van der Waals surface area contributed by atoms with Gasteiger partial charge < -0.3 is 19.1 Å². The molecule has 1 saturated heterocycles. The second-order valence-electron chi connectivity index (χ2n) is 8.82. The molecule has 3 heterocycles. The standard InChI is InChI=1S/C23H26BrClN4O2/c1-15-13-27(22(30)31-23(2,3)4)10-11-28(15)21-20-18(24)14-29(19(20)8-9-26-21)17-7-5-6-16(25)12-17/h5-9,12,14-15H,10-11,13H2,1-4H3. The van der Waals surface area contributed by atoms with Crippen molar-refractivity contribution in [2.75, 3.05) is 24.5 Å². The van der Waals surface area contributed by atoms with Gasteiger partial charge in [0.05, 0.1) is 10.9 Å². The summed E-state index contributed by atoms with van der Waals surface area (Å²) in [4.78, 5) is 21.3. The minimum Gasteiger partial charge on any atom is -0.444 e. The molecule has 0 N–H and O–H groups in total. The minimum atomic E-state index is -0.501. The lowest BCUT2D eigenvalue weighted by atomic mass is 10.1. The van der Waals surface area contributed by atoms with Gasteiger partial charge in [-0.2, -0.15) is 0 Å². The molecule has 1 aromatic carbocycles. The number of carbonyl (C=O) groups is 1. The molecule has 1 fully saturated rings. The number of rotatable bonds is 2. The molecule has 0 spiro atoms. The fraction of sp³-hybridized carbons (Fsp3) is 0.391. The topological polar surface area (TPSA) is 50.6 Å². The minimum absolute atomic E-state index is 0.0980. The first-order chi connectivity index (χ1) is 14.6. The molecule has 0 saturated carbocycles. The molecule has 31 heavy (non-hydrogen) atoms. The van der Waals surface area contributed by atoms with Gasteiger partial charge in [-0.05, 0) is 67.9 Å². The van der Waals surface area contributed by atoms with Crippen molar-refractivity contribution < 1.29 is 9.53 Å². The van der Waals surface area contributed by atoms with Crippen LogP contribution in [-0.2, 0) is 4.74 Å². The van der Waals surface area contributed by atoms with Crippen molar-refractivity contribution in [3.8, 4) is 5.69 Å². The van der Waals surface area contributed by atoms with Crippen molar-refractivity contribution in [3.63, 3.8) is 0 Å². The monoisotopic (exact) mass is 504 g/mol. The van der Waals surface area contributed by atoms with E-state index in [0.717, 1.165) is 26.9 Å². The Morgan fingerprint density at radius 2 is 2.03 bits per heavy atom. The maximum atomic E-state index is 12.5. The zero-order chi connectivity index (χ0) is 22.3. The van der Waals surface area contributed by atoms with Crippen LogP contribution in [-0.4, -0.2) is 51.8 Å². The zero-order valence-electron chi connectivity index (χ0n) is 18.1. The number of amides is 1. The van der Waals surface area contributed by atoms with Crippen LogP contribution >= 0.6 is 27.5 Å². The summed E-state index contributed by atoms with van der Waals surface area (Å²) in [5.41, 5.74) is 1.53. The quantitative estimate of drug-likeness (QED) is 0.436. The van der Waals surface area contributed by atoms with Gasteiger partial charge in [0.2, 0.25) is 0 Å². The Kier molecular flexibility index (Phi) is 5.92. The number of hydrogen-bond donors (Lipinski definition) is 0. The molecule has 1 amide bonds. The van der Waals surface area contributed by atoms with Crippen LogP contribution in [0, 0.1) is 0 Å². The Labute approximate surface area is 195 Å². The molecule has 2 aromatic heterocycles. The van der Waals surface area contributed by atoms with Gasteiger partial charge in [0.15, 0.2) is 0 Å². The first kappa shape index (κ1) is 22.0. The lowest BCUT2D eigenvalue weighted by molar-refractivity contribution is 0.0218. The summed E-state index contributed by atoms with van der Waals surface area (Å²) in [6.45, 7) is 9.62. The molecule has 8 heteroatoms. The SMILES string of the molecule is CC1CN(C(=O)OC(C)(C)C)CCN1c1nccc2c1c(Br)cn2-c1cccc(Cl)c1. The molecule has 0 radical (unpaired) electrons. The highest BCUT2D eigenvalue weighted by atomic mass is 79.9. The zero-order valence-corrected chi connectivity index (χ0v) is 20.4. The molecule has 0 aliphatic carbocycles. The highest BCUT2D eigenvalue weighted by molar-refractivity contribution is 9.10. The van der Waals surface area contributed by atoms with Crippen molar-refractivity contribution in [2.45, 2.75) is 39.3 Å². The smallest absolute Gasteiger partial charge is 0.410 e. The Bertz CT molecular complexity index is 1120. The van der Waals surface area contributed by atoms with Gasteiger partial charge in [0, 0.05) is 53.3 Å². The van der Waals surface area contributed by atoms with Gasteiger partial charge in [0.25, 0.3) is 0 Å². The van der Waals surface area contributed by atoms with Gasteiger partial charge >= 0.3 is 6.09 Å². The molecule has 164 valence electrons. The van der Waals surface area contributed by atoms with Gasteiger partial charge in [-0.1, -0.05) is 17.7 Å². The van der Waals surface area contributed by atoms with Crippen LogP contribution in [0.25, 0.3) is 16.6 Å². The highest BCUT2D eigenvalue weighted by Crippen LogP contribution is 2.36. The fourth-order valence-corrected chi connectivity index (χ4v) is 4.71. The van der Waals surface area contributed by atoms with Crippen molar-refractivity contribution in [1.29, 1.82) is 0 Å². The van der Waals surface area contributed by atoms with Crippen LogP contribution in [0.5, 0.6) is 0 Å². The molecule has 1 atom stereocenters. The number of pyridine rings is 1. The van der Waals surface area contributed by atoms with E-state index in [1.165, 1.54) is 0 Å². The van der Waals surface area contributed by atoms with E-state index in [1.807, 2.05) is 63.5 Å². The lowest BCUT2D eigenvalue weighted by Gasteiger charge is -2.41. The lowest BCUT2D eigenvalue weighted by Crippen LogP contribution is -2.54. The second-order valence-corrected chi connectivity index (χ2v) is 10.1. The molecule has 1 aliphatic rings. The molecular weight excluding hydrogens is 480 g/mol. The summed E-state index contributed by atoms with van der Waals surface area (Å²) < 4.78 is 8.62. The van der Waals surface area contributed by atoms with E-state index in [0.29, 0.717) is 24.7 Å². The van der Waals surface area contributed by atoms with E-state index in [9.17, 15) is 4.79 Å². The molecule has 3 aromatic rings. The number of benzene rings is 1. The van der Waals surface area contributed by atoms with Crippen LogP contribution in [0.2, 0.25) is 5.02 Å². The van der Waals surface area contributed by atoms with E-state index in [1.54, 1.807) is 4.90 Å². The van der Waals surface area contributed by atoms with E-state index >= 15 is 0 Å². The molecule has 6 nitrogen and oxygen atoms in total. The Morgan fingerprint density at radius 1 is 1.26 bits per heavy atom. The van der Waals surface area contributed by atoms with E-state index < -0.39 is 5.60 Å². The van der Waals surface area contributed by atoms with E-state index in [4.69, 9.17) is 21.3 Å². The molecule has 1 unspecified atom stereocenters. The summed E-state index contributed by atoms with van der Waals surface area (Å²) >= 11 is 9.95. The average Bonchev–Trinajstić information content (AvgIpc) is 3.04. The first-order valence-electron chi connectivity index (χ1n) is 10.3. The largest absolute Gasteiger partial charge is 0.444 e. The van der Waals surface area contributed by atoms with Gasteiger partial charge in [-0.15, -0.1) is 0 Å². The van der Waals surface area contributed by atoms with Gasteiger partial charge in [0.1, 0.15) is 11.4 Å². The van der Waals surface area contributed by atoms with E-state index in [2.05, 4.69) is 32.3 Å². The molecule has 1 aliphatic heterocycles. The number of ether oxygens (including phenoxy) is 1. The normalized spacial score (nSPS) is 17.3. The van der Waals surface area contributed by atoms with Crippen molar-refractivity contribution in [3.05, 3.63) is 52.2 Å². The Balaban J connectivity index is 1.64. The van der Waals surface area contributed by atoms with Crippen LogP contribution in [0.3, 0.4) is 0 Å². The fourth-order valence-electron chi connectivity index (χ4n) is 3.94. The van der Waals surface area contributed by atoms with Crippen LogP contribution in [0.4, 0.5) is 10.6 Å². The van der Waals surface area contributed by atoms with Crippen molar-refractivity contribution in [1.82, 2.24) is 14.5 Å². The van der Waals surface area contributed by atoms with Crippen LogP contribution < -0.4 is 4.90 Å². The Morgan fingerprint density at radius 3 is 2.71 bits per heavy atom. The second kappa shape index (κ2) is 8.36. The summed E-state index contributed by atoms with van der Waals surface area (Å²) in [5.74, 6) is 0.904. The van der Waals surface area contributed by atoms with Gasteiger partial charge in [-0.3, -0.25) is 0 Å². The summed E-state index contributed by atoms with van der Waals surface area (Å²) in [6, 6.07) is 9.88. The number of carbonyl (C=O) groups excluding carboxylic acids is 1. The van der Waals surface area contributed by atoms with Gasteiger partial charge in [-0.25, -0.2) is 9.78 Å². The third kappa shape index (κ3) is 4.53. The maximum absolute atomic E-state index is 12.5. The number of aromatic nitrogens is 2. The first-order valence-corrected chi connectivity index (χ1v) is 11.5. The Hall–Kier alpha value is -2.25. The summed E-state index contributed by atoms with van der Waals surface area (Å²) in [6.07, 6.45) is 3.61. The number of halogens is 2. The maximum Gasteiger partial charge on any atom is 0.410 e. The third-order valence-electron chi connectivity index (χ3n) is 5.29. The predicted molar refractivity (Wildman–Crippen MR) is 128 cm³/mol. The number of hydrogen-bond acceptors (Lipinski definition) is 4. The van der Waals surface area contributed by atoms with Crippen LogP contribution in [0.1, 0.15) is 27.7 Å². The molecular formula is C23H26BrClN4O2. The van der Waals surface area contributed by atoms with E-state index in [-0.39, 0.29) is 12.1 Å². The molecule has 0 bridgehead atoms. The van der Waals surface area contributed by atoms with Crippen LogP contribution in [0.15, 0.2) is 47.2 Å².